The topological polar surface area (TPSA) is 78.9 Å². The van der Waals surface area contributed by atoms with Crippen molar-refractivity contribution in [3.8, 4) is 16.9 Å². The van der Waals surface area contributed by atoms with Gasteiger partial charge in [0.05, 0.1) is 5.75 Å². The lowest BCUT2D eigenvalue weighted by Crippen LogP contribution is -2.13. The third-order valence-electron chi connectivity index (χ3n) is 2.96. The molecule has 3 rings (SSSR count). The van der Waals surface area contributed by atoms with Crippen molar-refractivity contribution >= 4 is 34.5 Å². The molecule has 108 valence electrons. The molecule has 0 spiro atoms. The van der Waals surface area contributed by atoms with Crippen LogP contribution in [0.5, 0.6) is 0 Å². The maximum atomic E-state index is 11.6. The number of hydrogen-bond donors (Lipinski definition) is 1. The van der Waals surface area contributed by atoms with Gasteiger partial charge in [0.2, 0.25) is 11.8 Å². The van der Waals surface area contributed by atoms with E-state index in [1.54, 1.807) is 18.2 Å². The van der Waals surface area contributed by atoms with E-state index in [0.29, 0.717) is 17.2 Å². The first-order valence-corrected chi connectivity index (χ1v) is 7.51. The first kappa shape index (κ1) is 14.2. The van der Waals surface area contributed by atoms with Crippen LogP contribution in [0.4, 0.5) is 5.69 Å². The van der Waals surface area contributed by atoms with Crippen LogP contribution in [-0.2, 0) is 4.79 Å². The summed E-state index contributed by atoms with van der Waals surface area (Å²) in [5, 5.41) is 13.0. The van der Waals surface area contributed by atoms with Crippen LogP contribution in [0.1, 0.15) is 0 Å². The predicted molar refractivity (Wildman–Crippen MR) is 86.1 cm³/mol. The molecule has 0 aliphatic rings. The van der Waals surface area contributed by atoms with Crippen LogP contribution in [0, 0.1) is 10.7 Å². The second kappa shape index (κ2) is 6.33. The lowest BCUT2D eigenvalue weighted by atomic mass is 10.2. The molecule has 0 bridgehead atoms. The van der Waals surface area contributed by atoms with Gasteiger partial charge < -0.3 is 9.73 Å². The second-order valence-corrected chi connectivity index (χ2v) is 5.26. The van der Waals surface area contributed by atoms with Crippen LogP contribution in [-0.4, -0.2) is 16.6 Å². The third kappa shape index (κ3) is 3.10. The number of carbonyl (C=O) groups excluding carboxylic acids is 1. The van der Waals surface area contributed by atoms with Crippen LogP contribution in [0.25, 0.3) is 22.6 Å². The van der Waals surface area contributed by atoms with Crippen molar-refractivity contribution < 1.29 is 9.21 Å². The molecule has 0 radical (unpaired) electrons. The average molecular weight is 309 g/mol. The van der Waals surface area contributed by atoms with Gasteiger partial charge in [0.1, 0.15) is 10.9 Å². The summed E-state index contributed by atoms with van der Waals surface area (Å²) in [6, 6.07) is 14.9. The number of thiocyanates is 1. The lowest BCUT2D eigenvalue weighted by molar-refractivity contribution is -0.113. The number of thioether (sulfide) groups is 1. The van der Waals surface area contributed by atoms with E-state index in [1.165, 1.54) is 0 Å². The molecule has 0 aliphatic heterocycles. The van der Waals surface area contributed by atoms with Gasteiger partial charge in [-0.05, 0) is 36.0 Å². The zero-order valence-electron chi connectivity index (χ0n) is 11.4. The summed E-state index contributed by atoms with van der Waals surface area (Å²) >= 11 is 0.898. The third-order valence-corrected chi connectivity index (χ3v) is 3.50. The number of carbonyl (C=O) groups is 1. The molecule has 5 nitrogen and oxygen atoms in total. The van der Waals surface area contributed by atoms with Crippen molar-refractivity contribution in [1.82, 2.24) is 4.98 Å². The summed E-state index contributed by atoms with van der Waals surface area (Å²) in [7, 11) is 0. The molecule has 1 aromatic heterocycles. The van der Waals surface area contributed by atoms with Gasteiger partial charge >= 0.3 is 0 Å². The minimum atomic E-state index is -0.228. The Morgan fingerprint density at radius 2 is 2.09 bits per heavy atom. The number of nitriles is 1. The van der Waals surface area contributed by atoms with Gasteiger partial charge in [-0.25, -0.2) is 4.98 Å². The summed E-state index contributed by atoms with van der Waals surface area (Å²) in [6.45, 7) is 0. The molecule has 6 heteroatoms. The smallest absolute Gasteiger partial charge is 0.235 e. The largest absolute Gasteiger partial charge is 0.436 e. The summed E-state index contributed by atoms with van der Waals surface area (Å²) < 4.78 is 5.74. The van der Waals surface area contributed by atoms with Gasteiger partial charge in [0, 0.05) is 17.3 Å². The molecule has 2 aromatic carbocycles. The van der Waals surface area contributed by atoms with Gasteiger partial charge in [0.15, 0.2) is 5.58 Å². The standard InChI is InChI=1S/C16H11N3O2S/c17-10-22-9-15(20)18-12-6-7-13-14(8-12)21-16(19-13)11-4-2-1-3-5-11/h1-8H,9H2,(H,18,20). The van der Waals surface area contributed by atoms with Crippen LogP contribution < -0.4 is 5.32 Å². The quantitative estimate of drug-likeness (QED) is 0.744. The number of fused-ring (bicyclic) bond motifs is 1. The van der Waals surface area contributed by atoms with Crippen LogP contribution >= 0.6 is 11.8 Å². The highest BCUT2D eigenvalue weighted by Crippen LogP contribution is 2.26. The number of aromatic nitrogens is 1. The van der Waals surface area contributed by atoms with Gasteiger partial charge in [-0.15, -0.1) is 0 Å². The Bertz CT molecular complexity index is 853. The van der Waals surface area contributed by atoms with E-state index in [4.69, 9.17) is 9.68 Å². The van der Waals surface area contributed by atoms with Gasteiger partial charge in [0.25, 0.3) is 0 Å². The Labute approximate surface area is 131 Å². The number of hydrogen-bond acceptors (Lipinski definition) is 5. The van der Waals surface area contributed by atoms with Crippen LogP contribution in [0.2, 0.25) is 0 Å². The second-order valence-electron chi connectivity index (χ2n) is 4.50. The van der Waals surface area contributed by atoms with E-state index in [2.05, 4.69) is 10.3 Å². The molecule has 22 heavy (non-hydrogen) atoms. The van der Waals surface area contributed by atoms with E-state index >= 15 is 0 Å². The molecular weight excluding hydrogens is 298 g/mol. The molecule has 1 amide bonds. The Morgan fingerprint density at radius 1 is 1.27 bits per heavy atom. The molecule has 0 saturated carbocycles. The number of nitrogens with one attached hydrogen (secondary N) is 1. The Morgan fingerprint density at radius 3 is 2.86 bits per heavy atom. The summed E-state index contributed by atoms with van der Waals surface area (Å²) in [6.07, 6.45) is 0. The fourth-order valence-electron chi connectivity index (χ4n) is 2.00. The van der Waals surface area contributed by atoms with Crippen molar-refractivity contribution in [3.63, 3.8) is 0 Å². The minimum absolute atomic E-state index is 0.0974. The summed E-state index contributed by atoms with van der Waals surface area (Å²) in [5.74, 6) is 0.410. The fraction of sp³-hybridized carbons (Fsp3) is 0.0625. The van der Waals surface area contributed by atoms with E-state index in [9.17, 15) is 4.79 Å². The van der Waals surface area contributed by atoms with Crippen molar-refractivity contribution in [1.29, 1.82) is 5.26 Å². The summed E-state index contributed by atoms with van der Waals surface area (Å²) in [4.78, 5) is 16.0. The van der Waals surface area contributed by atoms with Crippen molar-refractivity contribution in [2.24, 2.45) is 0 Å². The molecular formula is C16H11N3O2S. The zero-order valence-corrected chi connectivity index (χ0v) is 12.3. The van der Waals surface area contributed by atoms with Crippen molar-refractivity contribution in [3.05, 3.63) is 48.5 Å². The maximum absolute atomic E-state index is 11.6. The number of oxazole rings is 1. The molecule has 0 aliphatic carbocycles. The number of rotatable bonds is 4. The van der Waals surface area contributed by atoms with Crippen molar-refractivity contribution in [2.75, 3.05) is 11.1 Å². The number of benzene rings is 2. The van der Waals surface area contributed by atoms with E-state index in [0.717, 1.165) is 22.8 Å². The number of anilines is 1. The van der Waals surface area contributed by atoms with E-state index < -0.39 is 0 Å². The Hall–Kier alpha value is -2.78. The molecule has 0 saturated heterocycles. The zero-order chi connectivity index (χ0) is 15.4. The molecule has 1 heterocycles. The van der Waals surface area contributed by atoms with Gasteiger partial charge in [-0.3, -0.25) is 4.79 Å². The molecule has 0 fully saturated rings. The monoisotopic (exact) mass is 309 g/mol. The molecule has 0 atom stereocenters. The highest BCUT2D eigenvalue weighted by Gasteiger charge is 2.09. The SMILES string of the molecule is N#CSCC(=O)Nc1ccc2nc(-c3ccccc3)oc2c1. The average Bonchev–Trinajstić information content (AvgIpc) is 2.97. The van der Waals surface area contributed by atoms with Gasteiger partial charge in [-0.1, -0.05) is 18.2 Å². The number of amides is 1. The van der Waals surface area contributed by atoms with E-state index in [-0.39, 0.29) is 11.7 Å². The first-order valence-electron chi connectivity index (χ1n) is 6.53. The molecule has 0 unspecified atom stereocenters. The Balaban J connectivity index is 1.85. The molecule has 3 aromatic rings. The van der Waals surface area contributed by atoms with Gasteiger partial charge in [-0.2, -0.15) is 5.26 Å². The Kier molecular flexibility index (Phi) is 4.08. The predicted octanol–water partition coefficient (Wildman–Crippen LogP) is 3.65. The van der Waals surface area contributed by atoms with Crippen LogP contribution in [0.15, 0.2) is 52.9 Å². The highest BCUT2D eigenvalue weighted by atomic mass is 32.2. The fourth-order valence-corrected chi connectivity index (χ4v) is 2.27. The summed E-state index contributed by atoms with van der Waals surface area (Å²) in [5.41, 5.74) is 2.84. The number of nitrogens with zero attached hydrogens (tertiary/aromatic N) is 2. The maximum Gasteiger partial charge on any atom is 0.235 e. The lowest BCUT2D eigenvalue weighted by Gasteiger charge is -2.02. The highest BCUT2D eigenvalue weighted by molar-refractivity contribution is 8.04. The van der Waals surface area contributed by atoms with Crippen molar-refractivity contribution in [2.45, 2.75) is 0 Å². The normalized spacial score (nSPS) is 10.3. The first-order chi connectivity index (χ1) is 10.8. The molecule has 1 N–H and O–H groups in total. The van der Waals surface area contributed by atoms with E-state index in [1.807, 2.05) is 35.7 Å². The van der Waals surface area contributed by atoms with Crippen LogP contribution in [0.3, 0.4) is 0 Å². The minimum Gasteiger partial charge on any atom is -0.436 e.